The first-order chi connectivity index (χ1) is 20.0. The number of likely N-dealkylation sites (N-methyl/N-ethyl adjacent to an activating group) is 1. The number of anilines is 2. The molecule has 2 aliphatic heterocycles. The number of nitrogens with zero attached hydrogens (tertiary/aromatic N) is 8. The second kappa shape index (κ2) is 10.3. The van der Waals surface area contributed by atoms with E-state index in [4.69, 9.17) is 4.74 Å². The highest BCUT2D eigenvalue weighted by Gasteiger charge is 2.33. The van der Waals surface area contributed by atoms with Crippen LogP contribution in [0.3, 0.4) is 0 Å². The van der Waals surface area contributed by atoms with Crippen molar-refractivity contribution in [3.63, 3.8) is 0 Å². The molecule has 41 heavy (non-hydrogen) atoms. The van der Waals surface area contributed by atoms with E-state index >= 15 is 0 Å². The minimum absolute atomic E-state index is 0.0822. The molecule has 4 aromatic heterocycles. The molecule has 2 aliphatic rings. The Morgan fingerprint density at radius 2 is 1.88 bits per heavy atom. The van der Waals surface area contributed by atoms with E-state index in [9.17, 15) is 4.79 Å². The van der Waals surface area contributed by atoms with E-state index in [1.807, 2.05) is 59.1 Å². The van der Waals surface area contributed by atoms with Crippen LogP contribution in [-0.2, 0) is 4.79 Å². The summed E-state index contributed by atoms with van der Waals surface area (Å²) in [5.74, 6) is 2.48. The lowest BCUT2D eigenvalue weighted by molar-refractivity contribution is -0.130. The first kappa shape index (κ1) is 25.2. The lowest BCUT2D eigenvalue weighted by Crippen LogP contribution is -2.47. The molecule has 0 spiro atoms. The summed E-state index contributed by atoms with van der Waals surface area (Å²) in [6.07, 6.45) is 12.9. The van der Waals surface area contributed by atoms with Gasteiger partial charge in [-0.05, 0) is 74.8 Å². The average Bonchev–Trinajstić information content (AvgIpc) is 3.68. The summed E-state index contributed by atoms with van der Waals surface area (Å²) in [7, 11) is 2.11. The summed E-state index contributed by atoms with van der Waals surface area (Å²) in [6, 6.07) is 12.1. The van der Waals surface area contributed by atoms with Gasteiger partial charge in [-0.1, -0.05) is 6.08 Å². The monoisotopic (exact) mass is 549 g/mol. The SMILES string of the molecule is Cc1cc(Nc2ncnn3ccc(C4CN(C(=O)/C=C/[C@H]5CCCN5C)C4)c23)ccc1Oc1ccn2ncnc2c1. The molecule has 7 rings (SSSR count). The number of nitrogens with one attached hydrogen (secondary N) is 1. The van der Waals surface area contributed by atoms with Crippen LogP contribution < -0.4 is 10.1 Å². The molecular formula is C30H31N9O2. The van der Waals surface area contributed by atoms with Crippen molar-refractivity contribution < 1.29 is 9.53 Å². The standard InChI is InChI=1S/C30H31N9O2/c1-20-14-22(5-7-26(20)41-24-9-12-38-27(15-24)31-18-33-38)35-30-29-25(10-13-39(29)34-19-32-30)21-16-37(17-21)28(40)8-6-23-4-3-11-36(23)2/h5-10,12-15,18-19,21,23H,3-4,11,16-17H2,1-2H3,(H,32,34,35)/b8-6+/t23-/m1/s1. The molecule has 1 amide bonds. The molecule has 2 fully saturated rings. The van der Waals surface area contributed by atoms with E-state index in [2.05, 4.69) is 49.6 Å². The summed E-state index contributed by atoms with van der Waals surface area (Å²) >= 11 is 0. The van der Waals surface area contributed by atoms with Crippen LogP contribution in [-0.4, -0.2) is 77.6 Å². The molecule has 0 aliphatic carbocycles. The number of rotatable bonds is 7. The van der Waals surface area contributed by atoms with Gasteiger partial charge in [-0.2, -0.15) is 10.2 Å². The van der Waals surface area contributed by atoms with E-state index in [1.54, 1.807) is 16.9 Å². The minimum Gasteiger partial charge on any atom is -0.457 e. The zero-order valence-electron chi connectivity index (χ0n) is 23.0. The van der Waals surface area contributed by atoms with Crippen LogP contribution in [0.2, 0.25) is 0 Å². The van der Waals surface area contributed by atoms with Gasteiger partial charge in [0, 0.05) is 55.3 Å². The Labute approximate surface area is 237 Å². The van der Waals surface area contributed by atoms with Gasteiger partial charge in [-0.3, -0.25) is 9.69 Å². The third-order valence-corrected chi connectivity index (χ3v) is 8.07. The summed E-state index contributed by atoms with van der Waals surface area (Å²) in [5.41, 5.74) is 4.65. The van der Waals surface area contributed by atoms with Gasteiger partial charge in [0.15, 0.2) is 11.5 Å². The number of aromatic nitrogens is 6. The van der Waals surface area contributed by atoms with Gasteiger partial charge in [-0.25, -0.2) is 19.0 Å². The third-order valence-electron chi connectivity index (χ3n) is 8.07. The normalized spacial score (nSPS) is 18.0. The number of carbonyl (C=O) groups excluding carboxylic acids is 1. The van der Waals surface area contributed by atoms with Crippen LogP contribution >= 0.6 is 0 Å². The Hall–Kier alpha value is -4.77. The van der Waals surface area contributed by atoms with Crippen LogP contribution in [0.25, 0.3) is 11.2 Å². The molecule has 11 nitrogen and oxygen atoms in total. The number of amides is 1. The topological polar surface area (TPSA) is 105 Å². The predicted molar refractivity (Wildman–Crippen MR) is 155 cm³/mol. The lowest BCUT2D eigenvalue weighted by atomic mass is 9.92. The molecule has 11 heteroatoms. The van der Waals surface area contributed by atoms with Crippen molar-refractivity contribution in [2.45, 2.75) is 31.7 Å². The van der Waals surface area contributed by atoms with Crippen LogP contribution in [0.4, 0.5) is 11.5 Å². The smallest absolute Gasteiger partial charge is 0.246 e. The number of carbonyl (C=O) groups is 1. The summed E-state index contributed by atoms with van der Waals surface area (Å²) < 4.78 is 9.66. The van der Waals surface area contributed by atoms with Gasteiger partial charge in [-0.15, -0.1) is 0 Å². The van der Waals surface area contributed by atoms with Crippen molar-refractivity contribution in [2.75, 3.05) is 32.0 Å². The largest absolute Gasteiger partial charge is 0.457 e. The summed E-state index contributed by atoms with van der Waals surface area (Å²) in [6.45, 7) is 4.47. The highest BCUT2D eigenvalue weighted by molar-refractivity contribution is 5.89. The Morgan fingerprint density at radius 1 is 1.05 bits per heavy atom. The molecule has 1 N–H and O–H groups in total. The maximum atomic E-state index is 12.8. The van der Waals surface area contributed by atoms with Gasteiger partial charge >= 0.3 is 0 Å². The second-order valence-electron chi connectivity index (χ2n) is 10.8. The van der Waals surface area contributed by atoms with Gasteiger partial charge in [0.1, 0.15) is 29.7 Å². The van der Waals surface area contributed by atoms with Gasteiger partial charge in [0.2, 0.25) is 5.91 Å². The molecule has 0 saturated carbocycles. The maximum absolute atomic E-state index is 12.8. The first-order valence-corrected chi connectivity index (χ1v) is 13.9. The zero-order chi connectivity index (χ0) is 27.9. The summed E-state index contributed by atoms with van der Waals surface area (Å²) in [5, 5.41) is 12.0. The van der Waals surface area contributed by atoms with Crippen LogP contribution in [0.15, 0.2) is 73.6 Å². The molecule has 1 aromatic carbocycles. The number of hydrogen-bond acceptors (Lipinski definition) is 8. The molecule has 5 aromatic rings. The third kappa shape index (κ3) is 4.89. The number of pyridine rings is 1. The van der Waals surface area contributed by atoms with E-state index < -0.39 is 0 Å². The quantitative estimate of drug-likeness (QED) is 0.301. The fraction of sp³-hybridized carbons (Fsp3) is 0.300. The predicted octanol–water partition coefficient (Wildman–Crippen LogP) is 4.19. The number of likely N-dealkylation sites (tertiary alicyclic amines) is 2. The van der Waals surface area contributed by atoms with Crippen LogP contribution in [0, 0.1) is 6.92 Å². The highest BCUT2D eigenvalue weighted by Crippen LogP contribution is 2.35. The molecule has 1 atom stereocenters. The van der Waals surface area contributed by atoms with E-state index in [0.717, 1.165) is 52.5 Å². The molecule has 0 radical (unpaired) electrons. The average molecular weight is 550 g/mol. The molecule has 2 saturated heterocycles. The van der Waals surface area contributed by atoms with Crippen molar-refractivity contribution in [3.05, 3.63) is 84.7 Å². The zero-order valence-corrected chi connectivity index (χ0v) is 23.0. The van der Waals surface area contributed by atoms with Gasteiger partial charge < -0.3 is 15.0 Å². The van der Waals surface area contributed by atoms with Crippen molar-refractivity contribution in [3.8, 4) is 11.5 Å². The molecule has 208 valence electrons. The fourth-order valence-electron chi connectivity index (χ4n) is 5.70. The van der Waals surface area contributed by atoms with Gasteiger partial charge in [0.25, 0.3) is 0 Å². The Kier molecular flexibility index (Phi) is 6.35. The second-order valence-corrected chi connectivity index (χ2v) is 10.8. The van der Waals surface area contributed by atoms with E-state index in [0.29, 0.717) is 24.9 Å². The first-order valence-electron chi connectivity index (χ1n) is 13.9. The number of benzene rings is 1. The summed E-state index contributed by atoms with van der Waals surface area (Å²) in [4.78, 5) is 25.7. The highest BCUT2D eigenvalue weighted by atomic mass is 16.5. The van der Waals surface area contributed by atoms with E-state index in [-0.39, 0.29) is 11.8 Å². The van der Waals surface area contributed by atoms with Gasteiger partial charge in [0.05, 0.1) is 0 Å². The molecule has 0 bridgehead atoms. The lowest BCUT2D eigenvalue weighted by Gasteiger charge is -2.38. The van der Waals surface area contributed by atoms with E-state index in [1.165, 1.54) is 12.7 Å². The van der Waals surface area contributed by atoms with Crippen molar-refractivity contribution in [2.24, 2.45) is 0 Å². The van der Waals surface area contributed by atoms with Crippen LogP contribution in [0.5, 0.6) is 11.5 Å². The molecule has 0 unspecified atom stereocenters. The number of aryl methyl sites for hydroxylation is 1. The van der Waals surface area contributed by atoms with Crippen LogP contribution in [0.1, 0.15) is 29.9 Å². The fourth-order valence-corrected chi connectivity index (χ4v) is 5.70. The Bertz CT molecular complexity index is 1770. The molecule has 6 heterocycles. The number of ether oxygens (including phenoxy) is 1. The van der Waals surface area contributed by atoms with Crippen molar-refractivity contribution in [1.29, 1.82) is 0 Å². The van der Waals surface area contributed by atoms with Crippen molar-refractivity contribution >= 4 is 28.6 Å². The Balaban J connectivity index is 1.05. The Morgan fingerprint density at radius 3 is 2.71 bits per heavy atom. The molecular weight excluding hydrogens is 518 g/mol. The maximum Gasteiger partial charge on any atom is 0.246 e. The number of hydrogen-bond donors (Lipinski definition) is 1. The minimum atomic E-state index is 0.0822. The number of fused-ring (bicyclic) bond motifs is 2. The van der Waals surface area contributed by atoms with Crippen molar-refractivity contribution in [1.82, 2.24) is 39.0 Å².